The second-order valence-corrected chi connectivity index (χ2v) is 6.88. The third kappa shape index (κ3) is 8.29. The summed E-state index contributed by atoms with van der Waals surface area (Å²) in [5.74, 6) is -0.534. The van der Waals surface area contributed by atoms with Gasteiger partial charge in [-0.05, 0) is 55.0 Å². The summed E-state index contributed by atoms with van der Waals surface area (Å²) in [7, 11) is 0. The third-order valence-corrected chi connectivity index (χ3v) is 5.28. The number of ether oxygens (including phenoxy) is 2. The molecule has 1 atom stereocenters. The second kappa shape index (κ2) is 12.0. The van der Waals surface area contributed by atoms with Crippen LogP contribution < -0.4 is 0 Å². The van der Waals surface area contributed by atoms with Gasteiger partial charge in [-0.3, -0.25) is 0 Å². The summed E-state index contributed by atoms with van der Waals surface area (Å²) in [6.07, 6.45) is 5.23. The lowest BCUT2D eigenvalue weighted by molar-refractivity contribution is -0.163. The molecule has 0 fully saturated rings. The van der Waals surface area contributed by atoms with Crippen LogP contribution in [0.2, 0.25) is 0 Å². The number of hydrogen-bond donors (Lipinski definition) is 1. The third-order valence-electron chi connectivity index (χ3n) is 3.62. The summed E-state index contributed by atoms with van der Waals surface area (Å²) in [6, 6.07) is 2.13. The Balaban J connectivity index is 2.00. The molecule has 0 amide bonds. The predicted molar refractivity (Wildman–Crippen MR) is 97.3 cm³/mol. The van der Waals surface area contributed by atoms with Crippen molar-refractivity contribution in [1.82, 2.24) is 0 Å². The summed E-state index contributed by atoms with van der Waals surface area (Å²) in [6.45, 7) is 3.56. The van der Waals surface area contributed by atoms with Crippen molar-refractivity contribution in [2.24, 2.45) is 0 Å². The fourth-order valence-corrected chi connectivity index (χ4v) is 3.40. The molecule has 6 heteroatoms. The number of aliphatic hydroxyl groups is 1. The zero-order chi connectivity index (χ0) is 17.0. The molecule has 0 saturated heterocycles. The number of unbranched alkanes of at least 4 members (excludes halogenated alkanes) is 3. The lowest BCUT2D eigenvalue weighted by Gasteiger charge is -2.23. The molecule has 0 aliphatic rings. The van der Waals surface area contributed by atoms with Gasteiger partial charge < -0.3 is 14.6 Å². The Labute approximate surface area is 151 Å². The van der Waals surface area contributed by atoms with Crippen LogP contribution in [0.15, 0.2) is 16.8 Å². The fourth-order valence-electron chi connectivity index (χ4n) is 2.19. The normalized spacial score (nSPS) is 13.7. The van der Waals surface area contributed by atoms with Gasteiger partial charge in [0.15, 0.2) is 5.60 Å². The van der Waals surface area contributed by atoms with E-state index in [1.807, 2.05) is 0 Å². The molecule has 132 valence electrons. The number of thiophene rings is 1. The topological polar surface area (TPSA) is 55.8 Å². The maximum Gasteiger partial charge on any atom is 0.338 e. The molecule has 0 aromatic carbocycles. The summed E-state index contributed by atoms with van der Waals surface area (Å²) >= 11 is 4.91. The van der Waals surface area contributed by atoms with Crippen LogP contribution in [0.25, 0.3) is 0 Å². The highest BCUT2D eigenvalue weighted by atomic mass is 79.9. The molecule has 0 saturated carbocycles. The Hall–Kier alpha value is -0.430. The van der Waals surface area contributed by atoms with Crippen molar-refractivity contribution < 1.29 is 19.4 Å². The van der Waals surface area contributed by atoms with E-state index in [0.29, 0.717) is 6.42 Å². The minimum atomic E-state index is -1.40. The Morgan fingerprint density at radius 3 is 2.74 bits per heavy atom. The van der Waals surface area contributed by atoms with Crippen LogP contribution in [-0.4, -0.2) is 41.8 Å². The molecule has 1 unspecified atom stereocenters. The van der Waals surface area contributed by atoms with E-state index >= 15 is 0 Å². The van der Waals surface area contributed by atoms with Crippen LogP contribution in [0, 0.1) is 0 Å². The van der Waals surface area contributed by atoms with Crippen molar-refractivity contribution in [2.45, 2.75) is 51.0 Å². The highest BCUT2D eigenvalue weighted by Crippen LogP contribution is 2.20. The van der Waals surface area contributed by atoms with E-state index in [1.54, 1.807) is 18.3 Å². The molecule has 0 aliphatic heterocycles. The largest absolute Gasteiger partial charge is 0.464 e. The van der Waals surface area contributed by atoms with E-state index in [2.05, 4.69) is 32.8 Å². The molecule has 1 N–H and O–H groups in total. The Morgan fingerprint density at radius 2 is 2.09 bits per heavy atom. The van der Waals surface area contributed by atoms with Crippen molar-refractivity contribution in [2.75, 3.05) is 25.2 Å². The molecule has 1 aromatic rings. The van der Waals surface area contributed by atoms with Crippen molar-refractivity contribution in [1.29, 1.82) is 0 Å². The number of rotatable bonds is 13. The van der Waals surface area contributed by atoms with E-state index in [1.165, 1.54) is 5.56 Å². The minimum absolute atomic E-state index is 0.213. The quantitative estimate of drug-likeness (QED) is 0.306. The van der Waals surface area contributed by atoms with Crippen LogP contribution in [0.5, 0.6) is 0 Å². The van der Waals surface area contributed by atoms with Crippen molar-refractivity contribution in [3.8, 4) is 0 Å². The number of esters is 1. The average Bonchev–Trinajstić information content (AvgIpc) is 3.06. The van der Waals surface area contributed by atoms with E-state index in [9.17, 15) is 9.90 Å². The number of carbonyl (C=O) groups is 1. The van der Waals surface area contributed by atoms with Crippen molar-refractivity contribution >= 4 is 33.2 Å². The SMILES string of the molecule is CCOC(=O)C(O)(CBr)CCCCCCOCCc1ccsc1. The average molecular weight is 407 g/mol. The molecule has 4 nitrogen and oxygen atoms in total. The van der Waals surface area contributed by atoms with Gasteiger partial charge in [0.25, 0.3) is 0 Å². The molecule has 0 radical (unpaired) electrons. The van der Waals surface area contributed by atoms with Crippen LogP contribution in [-0.2, 0) is 20.7 Å². The number of hydrogen-bond acceptors (Lipinski definition) is 5. The van der Waals surface area contributed by atoms with Crippen LogP contribution in [0.3, 0.4) is 0 Å². The molecule has 1 aromatic heterocycles. The van der Waals surface area contributed by atoms with Crippen molar-refractivity contribution in [3.63, 3.8) is 0 Å². The van der Waals surface area contributed by atoms with Gasteiger partial charge in [0.05, 0.1) is 13.2 Å². The van der Waals surface area contributed by atoms with Gasteiger partial charge in [-0.25, -0.2) is 4.79 Å². The number of alkyl halides is 1. The zero-order valence-corrected chi connectivity index (χ0v) is 16.2. The predicted octanol–water partition coefficient (Wildman–Crippen LogP) is 3.95. The van der Waals surface area contributed by atoms with Crippen LogP contribution in [0.1, 0.15) is 44.6 Å². The first-order valence-corrected chi connectivity index (χ1v) is 10.2. The summed E-state index contributed by atoms with van der Waals surface area (Å²) in [4.78, 5) is 11.7. The number of halogens is 1. The molecule has 0 bridgehead atoms. The maximum atomic E-state index is 11.7. The lowest BCUT2D eigenvalue weighted by atomic mass is 9.98. The Morgan fingerprint density at radius 1 is 1.30 bits per heavy atom. The second-order valence-electron chi connectivity index (χ2n) is 5.54. The monoisotopic (exact) mass is 406 g/mol. The van der Waals surface area contributed by atoms with Crippen molar-refractivity contribution in [3.05, 3.63) is 22.4 Å². The van der Waals surface area contributed by atoms with Gasteiger partial charge in [-0.1, -0.05) is 28.8 Å². The van der Waals surface area contributed by atoms with Gasteiger partial charge in [0.2, 0.25) is 0 Å². The first kappa shape index (κ1) is 20.6. The Bertz CT molecular complexity index is 424. The lowest BCUT2D eigenvalue weighted by Crippen LogP contribution is -2.41. The highest BCUT2D eigenvalue weighted by Gasteiger charge is 2.35. The summed E-state index contributed by atoms with van der Waals surface area (Å²) in [5, 5.41) is 14.7. The molecular weight excluding hydrogens is 380 g/mol. The van der Waals surface area contributed by atoms with Gasteiger partial charge in [0.1, 0.15) is 0 Å². The molecule has 0 spiro atoms. The van der Waals surface area contributed by atoms with Gasteiger partial charge in [0, 0.05) is 11.9 Å². The first-order valence-electron chi connectivity index (χ1n) is 8.16. The van der Waals surface area contributed by atoms with Crippen LogP contribution in [0.4, 0.5) is 0 Å². The zero-order valence-electron chi connectivity index (χ0n) is 13.8. The minimum Gasteiger partial charge on any atom is -0.464 e. The van der Waals surface area contributed by atoms with E-state index in [0.717, 1.165) is 45.3 Å². The summed E-state index contributed by atoms with van der Waals surface area (Å²) in [5.41, 5.74) is -0.0597. The van der Waals surface area contributed by atoms with E-state index < -0.39 is 11.6 Å². The molecule has 0 aliphatic carbocycles. The molecular formula is C17H27BrO4S. The fraction of sp³-hybridized carbons (Fsp3) is 0.706. The summed E-state index contributed by atoms with van der Waals surface area (Å²) < 4.78 is 10.5. The first-order chi connectivity index (χ1) is 11.1. The highest BCUT2D eigenvalue weighted by molar-refractivity contribution is 9.09. The molecule has 1 heterocycles. The maximum absolute atomic E-state index is 11.7. The van der Waals surface area contributed by atoms with Gasteiger partial charge in [-0.2, -0.15) is 11.3 Å². The standard InChI is InChI=1S/C17H27BrO4S/c1-2-22-16(19)17(20,14-18)9-5-3-4-6-10-21-11-7-15-8-12-23-13-15/h8,12-13,20H,2-7,9-11,14H2,1H3. The van der Waals surface area contributed by atoms with E-state index in [-0.39, 0.29) is 11.9 Å². The molecule has 23 heavy (non-hydrogen) atoms. The molecule has 1 rings (SSSR count). The Kier molecular flexibility index (Phi) is 10.8. The van der Waals surface area contributed by atoms with E-state index in [4.69, 9.17) is 9.47 Å². The van der Waals surface area contributed by atoms with Gasteiger partial charge >= 0.3 is 5.97 Å². The van der Waals surface area contributed by atoms with Crippen LogP contribution >= 0.6 is 27.3 Å². The smallest absolute Gasteiger partial charge is 0.338 e. The number of carbonyl (C=O) groups excluding carboxylic acids is 1. The van der Waals surface area contributed by atoms with Gasteiger partial charge in [-0.15, -0.1) is 0 Å².